The molecule has 0 bridgehead atoms. The summed E-state index contributed by atoms with van der Waals surface area (Å²) in [6.45, 7) is 6.74. The molecule has 0 aliphatic carbocycles. The summed E-state index contributed by atoms with van der Waals surface area (Å²) < 4.78 is 1.01. The van der Waals surface area contributed by atoms with Gasteiger partial charge in [-0.15, -0.1) is 6.58 Å². The lowest BCUT2D eigenvalue weighted by molar-refractivity contribution is 0.631. The van der Waals surface area contributed by atoms with Crippen LogP contribution in [0.4, 0.5) is 0 Å². The summed E-state index contributed by atoms with van der Waals surface area (Å²) in [6, 6.07) is 4.01. The van der Waals surface area contributed by atoms with Crippen LogP contribution in [0.25, 0.3) is 0 Å². The first-order valence-corrected chi connectivity index (χ1v) is 5.05. The summed E-state index contributed by atoms with van der Waals surface area (Å²) in [5.74, 6) is 0. The molecule has 0 aromatic carbocycles. The molecule has 1 atom stereocenters. The highest BCUT2D eigenvalue weighted by atomic mass is 79.9. The maximum Gasteiger partial charge on any atom is 0.0754 e. The van der Waals surface area contributed by atoms with Crippen LogP contribution in [-0.4, -0.2) is 11.5 Å². The van der Waals surface area contributed by atoms with Gasteiger partial charge >= 0.3 is 0 Å². The van der Waals surface area contributed by atoms with Crippen LogP contribution in [0.5, 0.6) is 0 Å². The van der Waals surface area contributed by atoms with E-state index in [4.69, 9.17) is 0 Å². The van der Waals surface area contributed by atoms with Gasteiger partial charge in [-0.2, -0.15) is 0 Å². The van der Waals surface area contributed by atoms with E-state index in [0.717, 1.165) is 16.7 Å². The van der Waals surface area contributed by atoms with Gasteiger partial charge in [0.1, 0.15) is 0 Å². The Balaban J connectivity index is 2.90. The molecule has 13 heavy (non-hydrogen) atoms. The van der Waals surface area contributed by atoms with E-state index >= 15 is 0 Å². The number of hydrogen-bond donors (Lipinski definition) is 1. The standard InChI is InChI=1S/C10H13BrN2/c1-3-9(12-4-2)10-8(11)6-5-7-13-10/h3,5-7,9,12H,1,4H2,2H3. The van der Waals surface area contributed by atoms with Crippen molar-refractivity contribution in [3.05, 3.63) is 41.2 Å². The first-order chi connectivity index (χ1) is 6.29. The van der Waals surface area contributed by atoms with Crippen molar-refractivity contribution < 1.29 is 0 Å². The van der Waals surface area contributed by atoms with Crippen LogP contribution in [0.15, 0.2) is 35.5 Å². The molecule has 0 saturated carbocycles. The predicted molar refractivity (Wildman–Crippen MR) is 58.6 cm³/mol. The second kappa shape index (κ2) is 5.14. The normalized spacial score (nSPS) is 12.5. The third-order valence-corrected chi connectivity index (χ3v) is 2.41. The maximum absolute atomic E-state index is 4.29. The fourth-order valence-electron chi connectivity index (χ4n) is 1.14. The van der Waals surface area contributed by atoms with Gasteiger partial charge in [0.2, 0.25) is 0 Å². The molecule has 0 radical (unpaired) electrons. The van der Waals surface area contributed by atoms with Crippen molar-refractivity contribution in [1.82, 2.24) is 10.3 Å². The molecule has 1 N–H and O–H groups in total. The summed E-state index contributed by atoms with van der Waals surface area (Å²) >= 11 is 3.46. The van der Waals surface area contributed by atoms with E-state index in [1.807, 2.05) is 18.2 Å². The van der Waals surface area contributed by atoms with Gasteiger partial charge in [-0.25, -0.2) is 0 Å². The van der Waals surface area contributed by atoms with Crippen LogP contribution in [0.3, 0.4) is 0 Å². The molecule has 1 unspecified atom stereocenters. The number of aromatic nitrogens is 1. The highest BCUT2D eigenvalue weighted by molar-refractivity contribution is 9.10. The Kier molecular flexibility index (Phi) is 4.12. The Morgan fingerprint density at radius 2 is 2.54 bits per heavy atom. The Hall–Kier alpha value is -0.670. The van der Waals surface area contributed by atoms with Crippen LogP contribution in [0.1, 0.15) is 18.7 Å². The van der Waals surface area contributed by atoms with Crippen molar-refractivity contribution in [1.29, 1.82) is 0 Å². The molecule has 1 rings (SSSR count). The Bertz CT molecular complexity index is 286. The second-order valence-electron chi connectivity index (χ2n) is 2.64. The van der Waals surface area contributed by atoms with Crippen molar-refractivity contribution >= 4 is 15.9 Å². The van der Waals surface area contributed by atoms with Crippen molar-refractivity contribution in [2.45, 2.75) is 13.0 Å². The number of pyridine rings is 1. The zero-order valence-electron chi connectivity index (χ0n) is 7.63. The molecule has 1 aromatic rings. The van der Waals surface area contributed by atoms with E-state index in [1.165, 1.54) is 0 Å². The molecule has 1 aromatic heterocycles. The summed E-state index contributed by atoms with van der Waals surface area (Å²) in [6.07, 6.45) is 3.64. The predicted octanol–water partition coefficient (Wildman–Crippen LogP) is 2.68. The molecule has 0 saturated heterocycles. The average molecular weight is 241 g/mol. The first kappa shape index (κ1) is 10.4. The van der Waals surface area contributed by atoms with Gasteiger partial charge < -0.3 is 5.32 Å². The molecule has 0 fully saturated rings. The summed E-state index contributed by atoms with van der Waals surface area (Å²) in [7, 11) is 0. The number of rotatable bonds is 4. The summed E-state index contributed by atoms with van der Waals surface area (Å²) in [4.78, 5) is 4.29. The molecule has 0 amide bonds. The molecule has 0 aliphatic rings. The Morgan fingerprint density at radius 3 is 3.08 bits per heavy atom. The second-order valence-corrected chi connectivity index (χ2v) is 3.50. The highest BCUT2D eigenvalue weighted by Crippen LogP contribution is 2.20. The molecule has 1 heterocycles. The lowest BCUT2D eigenvalue weighted by Crippen LogP contribution is -2.20. The van der Waals surface area contributed by atoms with Gasteiger partial charge in [-0.1, -0.05) is 13.0 Å². The molecular weight excluding hydrogens is 228 g/mol. The van der Waals surface area contributed by atoms with E-state index < -0.39 is 0 Å². The van der Waals surface area contributed by atoms with Crippen molar-refractivity contribution in [2.24, 2.45) is 0 Å². The number of nitrogens with one attached hydrogen (secondary N) is 1. The molecule has 2 nitrogen and oxygen atoms in total. The first-order valence-electron chi connectivity index (χ1n) is 4.26. The minimum atomic E-state index is 0.126. The molecule has 0 spiro atoms. The van der Waals surface area contributed by atoms with Crippen molar-refractivity contribution in [2.75, 3.05) is 6.54 Å². The third kappa shape index (κ3) is 2.64. The largest absolute Gasteiger partial charge is 0.306 e. The number of likely N-dealkylation sites (N-methyl/N-ethyl adjacent to an activating group) is 1. The molecule has 0 aliphatic heterocycles. The van der Waals surface area contributed by atoms with Gasteiger partial charge in [0, 0.05) is 10.7 Å². The van der Waals surface area contributed by atoms with Crippen LogP contribution in [0, 0.1) is 0 Å². The van der Waals surface area contributed by atoms with Gasteiger partial charge in [0.15, 0.2) is 0 Å². The van der Waals surface area contributed by atoms with Gasteiger partial charge in [-0.05, 0) is 34.6 Å². The van der Waals surface area contributed by atoms with Crippen LogP contribution < -0.4 is 5.32 Å². The minimum absolute atomic E-state index is 0.126. The monoisotopic (exact) mass is 240 g/mol. The average Bonchev–Trinajstić information content (AvgIpc) is 2.16. The topological polar surface area (TPSA) is 24.9 Å². The van der Waals surface area contributed by atoms with E-state index in [0.29, 0.717) is 0 Å². The maximum atomic E-state index is 4.29. The van der Waals surface area contributed by atoms with Crippen molar-refractivity contribution in [3.8, 4) is 0 Å². The quantitative estimate of drug-likeness (QED) is 0.820. The zero-order valence-corrected chi connectivity index (χ0v) is 9.21. The Labute approximate surface area is 87.2 Å². The molecule has 70 valence electrons. The zero-order chi connectivity index (χ0) is 9.68. The fourth-order valence-corrected chi connectivity index (χ4v) is 1.64. The third-order valence-electron chi connectivity index (χ3n) is 1.74. The lowest BCUT2D eigenvalue weighted by atomic mass is 10.2. The molecular formula is C10H13BrN2. The fraction of sp³-hybridized carbons (Fsp3) is 0.300. The number of hydrogen-bond acceptors (Lipinski definition) is 2. The van der Waals surface area contributed by atoms with Gasteiger partial charge in [-0.3, -0.25) is 4.98 Å². The van der Waals surface area contributed by atoms with E-state index in [2.05, 4.69) is 39.7 Å². The lowest BCUT2D eigenvalue weighted by Gasteiger charge is -2.13. The highest BCUT2D eigenvalue weighted by Gasteiger charge is 2.09. The summed E-state index contributed by atoms with van der Waals surface area (Å²) in [5, 5.41) is 3.28. The van der Waals surface area contributed by atoms with Gasteiger partial charge in [0.25, 0.3) is 0 Å². The van der Waals surface area contributed by atoms with E-state index in [-0.39, 0.29) is 6.04 Å². The summed E-state index contributed by atoms with van der Waals surface area (Å²) in [5.41, 5.74) is 0.986. The smallest absolute Gasteiger partial charge is 0.0754 e. The van der Waals surface area contributed by atoms with Gasteiger partial charge in [0.05, 0.1) is 11.7 Å². The van der Waals surface area contributed by atoms with Crippen molar-refractivity contribution in [3.63, 3.8) is 0 Å². The minimum Gasteiger partial charge on any atom is -0.306 e. The van der Waals surface area contributed by atoms with Crippen LogP contribution in [-0.2, 0) is 0 Å². The Morgan fingerprint density at radius 1 is 1.77 bits per heavy atom. The number of nitrogens with zero attached hydrogens (tertiary/aromatic N) is 1. The van der Waals surface area contributed by atoms with Crippen LogP contribution in [0.2, 0.25) is 0 Å². The number of halogens is 1. The SMILES string of the molecule is C=CC(NCC)c1ncccc1Br. The van der Waals surface area contributed by atoms with Crippen LogP contribution >= 0.6 is 15.9 Å². The van der Waals surface area contributed by atoms with E-state index in [1.54, 1.807) is 6.20 Å². The van der Waals surface area contributed by atoms with E-state index in [9.17, 15) is 0 Å². The molecule has 3 heteroatoms.